The summed E-state index contributed by atoms with van der Waals surface area (Å²) in [6.07, 6.45) is 4.48. The minimum atomic E-state index is 0.0642. The fourth-order valence-corrected chi connectivity index (χ4v) is 3.05. The van der Waals surface area contributed by atoms with E-state index in [-0.39, 0.29) is 11.6 Å². The Bertz CT molecular complexity index is 215. The molecule has 0 N–H and O–H groups in total. The van der Waals surface area contributed by atoms with Crippen LogP contribution in [-0.4, -0.2) is 29.1 Å². The first kappa shape index (κ1) is 9.13. The van der Waals surface area contributed by atoms with Gasteiger partial charge in [0.15, 0.2) is 0 Å². The van der Waals surface area contributed by atoms with E-state index in [2.05, 4.69) is 23.9 Å². The van der Waals surface area contributed by atoms with Crippen molar-refractivity contribution in [1.29, 1.82) is 0 Å². The normalized spacial score (nSPS) is 38.6. The van der Waals surface area contributed by atoms with Crippen molar-refractivity contribution in [3.63, 3.8) is 0 Å². The molecule has 0 aliphatic carbocycles. The zero-order valence-corrected chi connectivity index (χ0v) is 8.49. The second kappa shape index (κ2) is 3.05. The van der Waals surface area contributed by atoms with Gasteiger partial charge < -0.3 is 0 Å². The third kappa shape index (κ3) is 1.50. The summed E-state index contributed by atoms with van der Waals surface area (Å²) in [6, 6.07) is 0.695. The smallest absolute Gasteiger partial charge is 0.0952 e. The van der Waals surface area contributed by atoms with Gasteiger partial charge in [-0.2, -0.15) is 4.91 Å². The van der Waals surface area contributed by atoms with Gasteiger partial charge in [-0.1, -0.05) is 5.18 Å². The maximum Gasteiger partial charge on any atom is 0.0952 e. The minimum Gasteiger partial charge on any atom is -0.295 e. The van der Waals surface area contributed by atoms with E-state index in [4.69, 9.17) is 0 Å². The number of fused-ring (bicyclic) bond motifs is 1. The molecule has 0 aromatic heterocycles. The molecule has 0 aromatic carbocycles. The van der Waals surface area contributed by atoms with Crippen molar-refractivity contribution in [2.75, 3.05) is 6.54 Å². The average Bonchev–Trinajstić information content (AvgIpc) is 2.51. The van der Waals surface area contributed by atoms with Gasteiger partial charge in [0, 0.05) is 11.6 Å². The summed E-state index contributed by atoms with van der Waals surface area (Å²) in [4.78, 5) is 13.1. The van der Waals surface area contributed by atoms with Crippen molar-refractivity contribution >= 4 is 0 Å². The van der Waals surface area contributed by atoms with Crippen molar-refractivity contribution in [1.82, 2.24) is 4.90 Å². The number of nitrogens with zero attached hydrogens (tertiary/aromatic N) is 2. The number of piperidine rings is 1. The van der Waals surface area contributed by atoms with Gasteiger partial charge >= 0.3 is 0 Å². The Morgan fingerprint density at radius 1 is 1.46 bits per heavy atom. The SMILES string of the molecule is CC1(C)CC(N=O)CC2CCCN21. The molecule has 2 atom stereocenters. The summed E-state index contributed by atoms with van der Waals surface area (Å²) in [5, 5.41) is 3.23. The van der Waals surface area contributed by atoms with Crippen LogP contribution in [0.3, 0.4) is 0 Å². The predicted molar refractivity (Wildman–Crippen MR) is 52.6 cm³/mol. The van der Waals surface area contributed by atoms with Crippen LogP contribution in [0.1, 0.15) is 39.5 Å². The molecule has 3 heteroatoms. The van der Waals surface area contributed by atoms with Gasteiger partial charge in [-0.15, -0.1) is 0 Å². The minimum absolute atomic E-state index is 0.0642. The van der Waals surface area contributed by atoms with Crippen LogP contribution in [0.5, 0.6) is 0 Å². The van der Waals surface area contributed by atoms with E-state index < -0.39 is 0 Å². The highest BCUT2D eigenvalue weighted by Crippen LogP contribution is 2.38. The van der Waals surface area contributed by atoms with Crippen molar-refractivity contribution < 1.29 is 0 Å². The lowest BCUT2D eigenvalue weighted by Gasteiger charge is -2.45. The summed E-state index contributed by atoms with van der Waals surface area (Å²) in [6.45, 7) is 5.69. The molecule has 2 aliphatic rings. The van der Waals surface area contributed by atoms with Crippen LogP contribution in [-0.2, 0) is 0 Å². The monoisotopic (exact) mass is 182 g/mol. The van der Waals surface area contributed by atoms with Gasteiger partial charge in [-0.25, -0.2) is 0 Å². The topological polar surface area (TPSA) is 32.7 Å². The van der Waals surface area contributed by atoms with Crippen molar-refractivity contribution in [3.05, 3.63) is 4.91 Å². The molecule has 2 fully saturated rings. The molecule has 3 nitrogen and oxygen atoms in total. The molecule has 2 aliphatic heterocycles. The molecule has 74 valence electrons. The van der Waals surface area contributed by atoms with Crippen molar-refractivity contribution in [2.45, 2.75) is 57.2 Å². The number of nitroso groups, excluding NO2 is 1. The molecule has 2 heterocycles. The zero-order valence-electron chi connectivity index (χ0n) is 8.49. The van der Waals surface area contributed by atoms with Crippen molar-refractivity contribution in [3.8, 4) is 0 Å². The van der Waals surface area contributed by atoms with E-state index in [1.165, 1.54) is 19.4 Å². The highest BCUT2D eigenvalue weighted by atomic mass is 16.3. The third-order valence-corrected chi connectivity index (χ3v) is 3.58. The largest absolute Gasteiger partial charge is 0.295 e. The fourth-order valence-electron chi connectivity index (χ4n) is 3.05. The Balaban J connectivity index is 2.15. The Labute approximate surface area is 79.5 Å². The second-order valence-electron chi connectivity index (χ2n) is 5.00. The average molecular weight is 182 g/mol. The van der Waals surface area contributed by atoms with E-state index in [1.54, 1.807) is 0 Å². The van der Waals surface area contributed by atoms with Gasteiger partial charge in [0.05, 0.1) is 6.04 Å². The number of hydrogen-bond donors (Lipinski definition) is 0. The standard InChI is InChI=1S/C10H18N2O/c1-10(2)7-8(11-13)6-9-4-3-5-12(9)10/h8-9H,3-7H2,1-2H3. The first-order valence-electron chi connectivity index (χ1n) is 5.23. The van der Waals surface area contributed by atoms with Crippen LogP contribution >= 0.6 is 0 Å². The van der Waals surface area contributed by atoms with E-state index in [1.807, 2.05) is 0 Å². The molecular weight excluding hydrogens is 164 g/mol. The van der Waals surface area contributed by atoms with Crippen LogP contribution in [0.15, 0.2) is 5.18 Å². The van der Waals surface area contributed by atoms with E-state index in [0.29, 0.717) is 6.04 Å². The van der Waals surface area contributed by atoms with Gasteiger partial charge in [-0.3, -0.25) is 4.90 Å². The highest BCUT2D eigenvalue weighted by molar-refractivity contribution is 4.99. The summed E-state index contributed by atoms with van der Waals surface area (Å²) in [5.41, 5.74) is 0.192. The first-order valence-corrected chi connectivity index (χ1v) is 5.23. The van der Waals surface area contributed by atoms with Crippen LogP contribution < -0.4 is 0 Å². The van der Waals surface area contributed by atoms with Crippen LogP contribution in [0.25, 0.3) is 0 Å². The fraction of sp³-hybridized carbons (Fsp3) is 1.00. The molecule has 0 spiro atoms. The van der Waals surface area contributed by atoms with Gasteiger partial charge in [0.1, 0.15) is 0 Å². The van der Waals surface area contributed by atoms with E-state index >= 15 is 0 Å². The van der Waals surface area contributed by atoms with Crippen LogP contribution in [0, 0.1) is 4.91 Å². The third-order valence-electron chi connectivity index (χ3n) is 3.58. The first-order chi connectivity index (χ1) is 6.13. The molecule has 13 heavy (non-hydrogen) atoms. The maximum atomic E-state index is 10.6. The second-order valence-corrected chi connectivity index (χ2v) is 5.00. The van der Waals surface area contributed by atoms with Crippen molar-refractivity contribution in [2.24, 2.45) is 5.18 Å². The van der Waals surface area contributed by atoms with E-state index in [9.17, 15) is 4.91 Å². The lowest BCUT2D eigenvalue weighted by atomic mass is 9.84. The Morgan fingerprint density at radius 3 is 2.92 bits per heavy atom. The molecule has 0 radical (unpaired) electrons. The molecule has 0 saturated carbocycles. The quantitative estimate of drug-likeness (QED) is 0.582. The number of rotatable bonds is 1. The summed E-state index contributed by atoms with van der Waals surface area (Å²) < 4.78 is 0. The Morgan fingerprint density at radius 2 is 2.23 bits per heavy atom. The van der Waals surface area contributed by atoms with Gasteiger partial charge in [0.2, 0.25) is 0 Å². The highest BCUT2D eigenvalue weighted by Gasteiger charge is 2.43. The Hall–Kier alpha value is -0.440. The predicted octanol–water partition coefficient (Wildman–Crippen LogP) is 2.16. The summed E-state index contributed by atoms with van der Waals surface area (Å²) in [7, 11) is 0. The molecule has 0 aromatic rings. The molecule has 2 saturated heterocycles. The maximum absolute atomic E-state index is 10.6. The summed E-state index contributed by atoms with van der Waals surface area (Å²) >= 11 is 0. The van der Waals surface area contributed by atoms with Crippen LogP contribution in [0.2, 0.25) is 0 Å². The number of hydrogen-bond acceptors (Lipinski definition) is 3. The molecule has 2 rings (SSSR count). The van der Waals surface area contributed by atoms with Crippen LogP contribution in [0.4, 0.5) is 0 Å². The van der Waals surface area contributed by atoms with Gasteiger partial charge in [0.25, 0.3) is 0 Å². The molecule has 0 amide bonds. The lowest BCUT2D eigenvalue weighted by Crippen LogP contribution is -2.53. The summed E-state index contributed by atoms with van der Waals surface area (Å²) in [5.74, 6) is 0. The lowest BCUT2D eigenvalue weighted by molar-refractivity contribution is 0.0464. The van der Waals surface area contributed by atoms with Gasteiger partial charge in [-0.05, 0) is 46.1 Å². The Kier molecular flexibility index (Phi) is 2.14. The van der Waals surface area contributed by atoms with E-state index in [0.717, 1.165) is 12.8 Å². The molecule has 2 unspecified atom stereocenters. The zero-order chi connectivity index (χ0) is 9.47. The molecular formula is C10H18N2O. The molecule has 0 bridgehead atoms.